The number of nitrogens with two attached hydrogens (primary N) is 1. The molecular formula is C17H18N2OS. The number of nitriles is 1. The molecule has 2 aromatic rings. The Hall–Kier alpha value is -2.12. The third-order valence-corrected chi connectivity index (χ3v) is 4.02. The van der Waals surface area contributed by atoms with E-state index in [2.05, 4.69) is 13.0 Å². The van der Waals surface area contributed by atoms with E-state index in [1.54, 1.807) is 11.8 Å². The summed E-state index contributed by atoms with van der Waals surface area (Å²) in [6.07, 6.45) is 0.725. The highest BCUT2D eigenvalue weighted by Gasteiger charge is 2.09. The Labute approximate surface area is 129 Å². The highest BCUT2D eigenvalue weighted by atomic mass is 32.2. The molecule has 4 heteroatoms. The maximum atomic E-state index is 9.32. The number of para-hydroxylation sites is 1. The molecule has 0 radical (unpaired) electrons. The number of hydrogen-bond acceptors (Lipinski definition) is 4. The van der Waals surface area contributed by atoms with Gasteiger partial charge in [-0.15, -0.1) is 11.8 Å². The van der Waals surface area contributed by atoms with Gasteiger partial charge in [0.05, 0.1) is 6.61 Å². The summed E-state index contributed by atoms with van der Waals surface area (Å²) >= 11 is 1.65. The minimum absolute atomic E-state index is 0.503. The van der Waals surface area contributed by atoms with Gasteiger partial charge in [-0.05, 0) is 29.5 Å². The normalized spacial score (nSPS) is 10.1. The first-order valence-corrected chi connectivity index (χ1v) is 7.87. The van der Waals surface area contributed by atoms with Gasteiger partial charge < -0.3 is 10.5 Å². The van der Waals surface area contributed by atoms with Gasteiger partial charge in [0.1, 0.15) is 17.4 Å². The average Bonchev–Trinajstić information content (AvgIpc) is 2.50. The fourth-order valence-corrected chi connectivity index (χ4v) is 2.83. The van der Waals surface area contributed by atoms with Crippen molar-refractivity contribution in [3.63, 3.8) is 0 Å². The molecule has 0 fully saturated rings. The zero-order valence-electron chi connectivity index (χ0n) is 12.0. The monoisotopic (exact) mass is 298 g/mol. The fourth-order valence-electron chi connectivity index (χ4n) is 2.05. The molecule has 2 rings (SSSR count). The van der Waals surface area contributed by atoms with Gasteiger partial charge >= 0.3 is 0 Å². The third kappa shape index (κ3) is 3.93. The maximum absolute atomic E-state index is 9.32. The van der Waals surface area contributed by atoms with Gasteiger partial charge in [0, 0.05) is 17.0 Å². The Bertz CT molecular complexity index is 649. The van der Waals surface area contributed by atoms with Crippen LogP contribution in [0.25, 0.3) is 0 Å². The first kappa shape index (κ1) is 15.3. The van der Waals surface area contributed by atoms with Crippen molar-refractivity contribution in [2.24, 2.45) is 0 Å². The number of hydrogen-bond donors (Lipinski definition) is 1. The molecule has 0 aliphatic heterocycles. The van der Waals surface area contributed by atoms with E-state index in [1.807, 2.05) is 42.5 Å². The van der Waals surface area contributed by atoms with Gasteiger partial charge in [-0.3, -0.25) is 0 Å². The summed E-state index contributed by atoms with van der Waals surface area (Å²) in [5.41, 5.74) is 8.36. The van der Waals surface area contributed by atoms with Gasteiger partial charge in [0.15, 0.2) is 0 Å². The minimum Gasteiger partial charge on any atom is -0.492 e. The number of anilines is 1. The number of rotatable bonds is 6. The summed E-state index contributed by atoms with van der Waals surface area (Å²) < 4.78 is 5.78. The van der Waals surface area contributed by atoms with Crippen LogP contribution in [-0.4, -0.2) is 12.4 Å². The van der Waals surface area contributed by atoms with Crippen LogP contribution in [0, 0.1) is 11.3 Å². The molecule has 21 heavy (non-hydrogen) atoms. The lowest BCUT2D eigenvalue weighted by Crippen LogP contribution is -2.05. The quantitative estimate of drug-likeness (QED) is 0.649. The van der Waals surface area contributed by atoms with Crippen LogP contribution in [-0.2, 0) is 6.42 Å². The van der Waals surface area contributed by atoms with Crippen molar-refractivity contribution >= 4 is 17.4 Å². The number of nitrogen functional groups attached to an aromatic ring is 1. The molecule has 0 aromatic heterocycles. The Morgan fingerprint density at radius 1 is 1.19 bits per heavy atom. The molecule has 0 aliphatic rings. The highest BCUT2D eigenvalue weighted by Crippen LogP contribution is 2.29. The van der Waals surface area contributed by atoms with Crippen molar-refractivity contribution in [2.45, 2.75) is 18.2 Å². The molecule has 3 nitrogen and oxygen atoms in total. The van der Waals surface area contributed by atoms with Crippen LogP contribution in [0.15, 0.2) is 47.4 Å². The molecule has 0 aliphatic carbocycles. The highest BCUT2D eigenvalue weighted by molar-refractivity contribution is 7.99. The van der Waals surface area contributed by atoms with Gasteiger partial charge in [-0.2, -0.15) is 5.26 Å². The van der Waals surface area contributed by atoms with E-state index >= 15 is 0 Å². The van der Waals surface area contributed by atoms with Crippen molar-refractivity contribution in [3.8, 4) is 11.8 Å². The lowest BCUT2D eigenvalue weighted by molar-refractivity contribution is 0.320. The molecule has 0 atom stereocenters. The van der Waals surface area contributed by atoms with Crippen LogP contribution < -0.4 is 10.5 Å². The molecule has 2 N–H and O–H groups in total. The largest absolute Gasteiger partial charge is 0.492 e. The van der Waals surface area contributed by atoms with E-state index < -0.39 is 0 Å². The van der Waals surface area contributed by atoms with E-state index in [4.69, 9.17) is 10.5 Å². The van der Waals surface area contributed by atoms with Crippen molar-refractivity contribution < 1.29 is 4.74 Å². The Kier molecular flexibility index (Phi) is 5.53. The molecule has 0 spiro atoms. The SMILES string of the molecule is CCSc1cccc(OCCc2ccccc2N)c1C#N. The zero-order valence-corrected chi connectivity index (χ0v) is 12.8. The summed E-state index contributed by atoms with van der Waals surface area (Å²) in [5.74, 6) is 1.57. The second-order valence-electron chi connectivity index (χ2n) is 4.47. The molecule has 0 saturated carbocycles. The van der Waals surface area contributed by atoms with Crippen molar-refractivity contribution in [1.29, 1.82) is 5.26 Å². The van der Waals surface area contributed by atoms with Crippen molar-refractivity contribution in [2.75, 3.05) is 18.1 Å². The lowest BCUT2D eigenvalue weighted by Gasteiger charge is -2.11. The van der Waals surface area contributed by atoms with Crippen LogP contribution >= 0.6 is 11.8 Å². The zero-order chi connectivity index (χ0) is 15.1. The predicted molar refractivity (Wildman–Crippen MR) is 87.6 cm³/mol. The topological polar surface area (TPSA) is 59.0 Å². The first-order valence-electron chi connectivity index (χ1n) is 6.88. The van der Waals surface area contributed by atoms with Crippen LogP contribution in [0.3, 0.4) is 0 Å². The van der Waals surface area contributed by atoms with Crippen LogP contribution in [0.2, 0.25) is 0 Å². The molecule has 0 saturated heterocycles. The number of ether oxygens (including phenoxy) is 1. The number of benzene rings is 2. The van der Waals surface area contributed by atoms with Crippen molar-refractivity contribution in [3.05, 3.63) is 53.6 Å². The number of nitrogens with zero attached hydrogens (tertiary/aromatic N) is 1. The second-order valence-corrected chi connectivity index (χ2v) is 5.78. The standard InChI is InChI=1S/C17H18N2OS/c1-2-21-17-9-5-8-16(14(17)12-18)20-11-10-13-6-3-4-7-15(13)19/h3-9H,2,10-11,19H2,1H3. The number of thioether (sulfide) groups is 1. The molecular weight excluding hydrogens is 280 g/mol. The minimum atomic E-state index is 0.503. The van der Waals surface area contributed by atoms with Crippen LogP contribution in [0.1, 0.15) is 18.1 Å². The predicted octanol–water partition coefficient (Wildman–Crippen LogP) is 3.87. The summed E-state index contributed by atoms with van der Waals surface area (Å²) in [6.45, 7) is 2.57. The first-order chi connectivity index (χ1) is 10.3. The van der Waals surface area contributed by atoms with E-state index in [0.29, 0.717) is 17.9 Å². The van der Waals surface area contributed by atoms with E-state index in [9.17, 15) is 5.26 Å². The molecule has 108 valence electrons. The Morgan fingerprint density at radius 3 is 2.71 bits per heavy atom. The Morgan fingerprint density at radius 2 is 2.00 bits per heavy atom. The fraction of sp³-hybridized carbons (Fsp3) is 0.235. The van der Waals surface area contributed by atoms with E-state index in [-0.39, 0.29) is 0 Å². The average molecular weight is 298 g/mol. The third-order valence-electron chi connectivity index (χ3n) is 3.08. The van der Waals surface area contributed by atoms with Gasteiger partial charge in [-0.1, -0.05) is 31.2 Å². The lowest BCUT2D eigenvalue weighted by atomic mass is 10.1. The molecule has 0 heterocycles. The summed E-state index contributed by atoms with van der Waals surface area (Å²) in [6, 6.07) is 15.7. The summed E-state index contributed by atoms with van der Waals surface area (Å²) in [5, 5.41) is 9.32. The van der Waals surface area contributed by atoms with Crippen molar-refractivity contribution in [1.82, 2.24) is 0 Å². The van der Waals surface area contributed by atoms with E-state index in [0.717, 1.165) is 28.3 Å². The van der Waals surface area contributed by atoms with Crippen LogP contribution in [0.5, 0.6) is 5.75 Å². The molecule has 2 aromatic carbocycles. The Balaban J connectivity index is 2.05. The van der Waals surface area contributed by atoms with Gasteiger partial charge in [0.2, 0.25) is 0 Å². The van der Waals surface area contributed by atoms with Crippen LogP contribution in [0.4, 0.5) is 5.69 Å². The summed E-state index contributed by atoms with van der Waals surface area (Å²) in [7, 11) is 0. The summed E-state index contributed by atoms with van der Waals surface area (Å²) in [4.78, 5) is 0.969. The van der Waals surface area contributed by atoms with E-state index in [1.165, 1.54) is 0 Å². The maximum Gasteiger partial charge on any atom is 0.138 e. The molecule has 0 unspecified atom stereocenters. The van der Waals surface area contributed by atoms with Gasteiger partial charge in [0.25, 0.3) is 0 Å². The molecule has 0 bridgehead atoms. The van der Waals surface area contributed by atoms with Gasteiger partial charge in [-0.25, -0.2) is 0 Å². The molecule has 0 amide bonds. The smallest absolute Gasteiger partial charge is 0.138 e. The second kappa shape index (κ2) is 7.61.